The van der Waals surface area contributed by atoms with E-state index in [9.17, 15) is 4.79 Å². The first-order valence-electron chi connectivity index (χ1n) is 15.5. The molecule has 0 fully saturated rings. The molecule has 220 valence electrons. The first-order chi connectivity index (χ1) is 22.7. The van der Waals surface area contributed by atoms with Gasteiger partial charge in [-0.3, -0.25) is 0 Å². The van der Waals surface area contributed by atoms with Gasteiger partial charge in [0.05, 0.1) is 0 Å². The van der Waals surface area contributed by atoms with Crippen LogP contribution in [0.5, 0.6) is 0 Å². The smallest absolute Gasteiger partial charge is 0.421 e. The standard InChI is InChI=1S/C43H30O3/c44-43(45-41(37-25-9-17-29-13-1-5-21-33(29)37)38-26-10-18-30-14-2-6-22-34(30)38)46-42(39-27-11-19-31-15-3-7-23-35(31)39)40-28-12-20-32-16-4-8-24-36(32)40/h1-28,41-42H. The lowest BCUT2D eigenvalue weighted by Gasteiger charge is -2.25. The molecule has 0 radical (unpaired) electrons. The van der Waals surface area contributed by atoms with Crippen LogP contribution < -0.4 is 0 Å². The minimum Gasteiger partial charge on any atom is -0.421 e. The van der Waals surface area contributed by atoms with E-state index >= 15 is 0 Å². The van der Waals surface area contributed by atoms with Crippen molar-refractivity contribution in [1.82, 2.24) is 0 Å². The van der Waals surface area contributed by atoms with Gasteiger partial charge in [0.25, 0.3) is 0 Å². The van der Waals surface area contributed by atoms with E-state index in [1.807, 2.05) is 97.1 Å². The lowest BCUT2D eigenvalue weighted by Crippen LogP contribution is -2.18. The molecule has 8 aromatic carbocycles. The van der Waals surface area contributed by atoms with Gasteiger partial charge in [0, 0.05) is 22.3 Å². The van der Waals surface area contributed by atoms with Gasteiger partial charge >= 0.3 is 6.16 Å². The van der Waals surface area contributed by atoms with E-state index < -0.39 is 18.4 Å². The summed E-state index contributed by atoms with van der Waals surface area (Å²) in [6, 6.07) is 57.3. The van der Waals surface area contributed by atoms with Crippen LogP contribution in [-0.2, 0) is 9.47 Å². The molecular weight excluding hydrogens is 564 g/mol. The van der Waals surface area contributed by atoms with Crippen molar-refractivity contribution in [2.75, 3.05) is 0 Å². The third kappa shape index (κ3) is 5.02. The SMILES string of the molecule is O=C(OC(c1cccc2ccccc12)c1cccc2ccccc12)OC(c1cccc2ccccc12)c1cccc2ccccc12. The summed E-state index contributed by atoms with van der Waals surface area (Å²) in [5, 5.41) is 8.40. The maximum Gasteiger partial charge on any atom is 0.510 e. The lowest BCUT2D eigenvalue weighted by molar-refractivity contribution is 0.0179. The van der Waals surface area contributed by atoms with Crippen LogP contribution in [0.1, 0.15) is 34.5 Å². The zero-order valence-electron chi connectivity index (χ0n) is 25.0. The summed E-state index contributed by atoms with van der Waals surface area (Å²) in [6.45, 7) is 0. The molecule has 3 heteroatoms. The number of fused-ring (bicyclic) bond motifs is 4. The molecule has 0 saturated carbocycles. The molecular formula is C43H30O3. The quantitative estimate of drug-likeness (QED) is 0.180. The molecule has 0 heterocycles. The molecule has 0 N–H and O–H groups in total. The van der Waals surface area contributed by atoms with E-state index in [1.165, 1.54) is 0 Å². The molecule has 0 aliphatic rings. The molecule has 0 atom stereocenters. The maximum atomic E-state index is 14.3. The molecule has 0 aliphatic carbocycles. The molecule has 0 saturated heterocycles. The van der Waals surface area contributed by atoms with Gasteiger partial charge in [-0.1, -0.05) is 170 Å². The molecule has 0 bridgehead atoms. The van der Waals surface area contributed by atoms with Crippen molar-refractivity contribution in [2.45, 2.75) is 12.2 Å². The summed E-state index contributed by atoms with van der Waals surface area (Å²) in [7, 11) is 0. The zero-order chi connectivity index (χ0) is 30.9. The number of carbonyl (C=O) groups is 1. The normalized spacial score (nSPS) is 11.5. The van der Waals surface area contributed by atoms with Gasteiger partial charge in [-0.2, -0.15) is 0 Å². The Morgan fingerprint density at radius 3 is 0.848 bits per heavy atom. The van der Waals surface area contributed by atoms with E-state index in [2.05, 4.69) is 72.8 Å². The average molecular weight is 595 g/mol. The van der Waals surface area contributed by atoms with Crippen molar-refractivity contribution < 1.29 is 14.3 Å². The minimum absolute atomic E-state index is 0.703. The summed E-state index contributed by atoms with van der Waals surface area (Å²) in [5.41, 5.74) is 3.60. The fourth-order valence-electron chi connectivity index (χ4n) is 6.73. The zero-order valence-corrected chi connectivity index (χ0v) is 25.0. The molecule has 8 aromatic rings. The average Bonchev–Trinajstić information content (AvgIpc) is 3.12. The van der Waals surface area contributed by atoms with E-state index in [1.54, 1.807) is 0 Å². The number of rotatable bonds is 6. The Balaban J connectivity index is 1.27. The van der Waals surface area contributed by atoms with Crippen LogP contribution in [-0.4, -0.2) is 6.16 Å². The Morgan fingerprint density at radius 2 is 0.565 bits per heavy atom. The minimum atomic E-state index is -0.739. The van der Waals surface area contributed by atoms with Gasteiger partial charge < -0.3 is 9.47 Å². The second-order valence-corrected chi connectivity index (χ2v) is 11.5. The second kappa shape index (κ2) is 11.9. The Bertz CT molecular complexity index is 2030. The van der Waals surface area contributed by atoms with Crippen LogP contribution in [0.15, 0.2) is 170 Å². The highest BCUT2D eigenvalue weighted by molar-refractivity contribution is 5.92. The fraction of sp³-hybridized carbons (Fsp3) is 0.0465. The molecule has 0 amide bonds. The Morgan fingerprint density at radius 1 is 0.326 bits per heavy atom. The van der Waals surface area contributed by atoms with E-state index in [0.29, 0.717) is 0 Å². The van der Waals surface area contributed by atoms with Crippen LogP contribution >= 0.6 is 0 Å². The van der Waals surface area contributed by atoms with Crippen molar-refractivity contribution in [3.8, 4) is 0 Å². The fourth-order valence-corrected chi connectivity index (χ4v) is 6.73. The first-order valence-corrected chi connectivity index (χ1v) is 15.5. The molecule has 0 unspecified atom stereocenters. The first kappa shape index (κ1) is 27.6. The number of hydrogen-bond donors (Lipinski definition) is 0. The Kier molecular flexibility index (Phi) is 7.12. The summed E-state index contributed by atoms with van der Waals surface area (Å²) >= 11 is 0. The third-order valence-corrected chi connectivity index (χ3v) is 8.85. The molecule has 0 spiro atoms. The van der Waals surface area contributed by atoms with Gasteiger partial charge in [-0.25, -0.2) is 4.79 Å². The van der Waals surface area contributed by atoms with Crippen LogP contribution in [0.4, 0.5) is 4.79 Å². The Hall–Kier alpha value is -5.93. The monoisotopic (exact) mass is 594 g/mol. The van der Waals surface area contributed by atoms with Gasteiger partial charge in [0.2, 0.25) is 0 Å². The molecule has 8 rings (SSSR count). The highest BCUT2D eigenvalue weighted by atomic mass is 16.7. The molecule has 0 aliphatic heterocycles. The topological polar surface area (TPSA) is 35.5 Å². The molecule has 3 nitrogen and oxygen atoms in total. The number of benzene rings is 8. The van der Waals surface area contributed by atoms with Crippen molar-refractivity contribution >= 4 is 49.2 Å². The summed E-state index contributed by atoms with van der Waals surface area (Å²) < 4.78 is 13.0. The summed E-state index contributed by atoms with van der Waals surface area (Å²) in [6.07, 6.45) is -2.15. The van der Waals surface area contributed by atoms with Crippen molar-refractivity contribution in [1.29, 1.82) is 0 Å². The second-order valence-electron chi connectivity index (χ2n) is 11.5. The van der Waals surface area contributed by atoms with Gasteiger partial charge in [-0.15, -0.1) is 0 Å². The van der Waals surface area contributed by atoms with Gasteiger partial charge in [0.15, 0.2) is 12.2 Å². The molecule has 0 aromatic heterocycles. The number of ether oxygens (including phenoxy) is 2. The van der Waals surface area contributed by atoms with Gasteiger partial charge in [-0.05, 0) is 43.1 Å². The van der Waals surface area contributed by atoms with Crippen molar-refractivity contribution in [3.05, 3.63) is 192 Å². The van der Waals surface area contributed by atoms with E-state index in [4.69, 9.17) is 9.47 Å². The number of carbonyl (C=O) groups excluding carboxylic acids is 1. The Labute approximate surface area is 267 Å². The highest BCUT2D eigenvalue weighted by Crippen LogP contribution is 2.39. The van der Waals surface area contributed by atoms with Crippen LogP contribution in [0.3, 0.4) is 0 Å². The van der Waals surface area contributed by atoms with Gasteiger partial charge in [0.1, 0.15) is 0 Å². The van der Waals surface area contributed by atoms with Crippen molar-refractivity contribution in [2.24, 2.45) is 0 Å². The lowest BCUT2D eigenvalue weighted by atomic mass is 9.92. The van der Waals surface area contributed by atoms with E-state index in [-0.39, 0.29) is 0 Å². The van der Waals surface area contributed by atoms with Crippen molar-refractivity contribution in [3.63, 3.8) is 0 Å². The maximum absolute atomic E-state index is 14.3. The summed E-state index contributed by atoms with van der Waals surface area (Å²) in [5.74, 6) is 0. The van der Waals surface area contributed by atoms with Crippen LogP contribution in [0, 0.1) is 0 Å². The van der Waals surface area contributed by atoms with Crippen LogP contribution in [0.25, 0.3) is 43.1 Å². The van der Waals surface area contributed by atoms with E-state index in [0.717, 1.165) is 65.3 Å². The predicted octanol–water partition coefficient (Wildman–Crippen LogP) is 11.3. The molecule has 46 heavy (non-hydrogen) atoms. The third-order valence-electron chi connectivity index (χ3n) is 8.85. The van der Waals surface area contributed by atoms with Crippen LogP contribution in [0.2, 0.25) is 0 Å². The predicted molar refractivity (Wildman–Crippen MR) is 187 cm³/mol. The summed E-state index contributed by atoms with van der Waals surface area (Å²) in [4.78, 5) is 14.3. The highest BCUT2D eigenvalue weighted by Gasteiger charge is 2.28. The largest absolute Gasteiger partial charge is 0.510 e. The number of hydrogen-bond acceptors (Lipinski definition) is 3.